The maximum Gasteiger partial charge on any atom is 0.126 e. The minimum Gasteiger partial charge on any atom is -0.487 e. The second kappa shape index (κ2) is 3.76. The summed E-state index contributed by atoms with van der Waals surface area (Å²) in [5, 5.41) is 0. The highest BCUT2D eigenvalue weighted by molar-refractivity contribution is 5.49. The van der Waals surface area contributed by atoms with E-state index in [9.17, 15) is 0 Å². The molecule has 0 bridgehead atoms. The van der Waals surface area contributed by atoms with E-state index in [-0.39, 0.29) is 11.0 Å². The van der Waals surface area contributed by atoms with Gasteiger partial charge in [-0.1, -0.05) is 32.9 Å². The highest BCUT2D eigenvalue weighted by atomic mass is 16.5. The molecular formula is C16H24O. The van der Waals surface area contributed by atoms with Crippen LogP contribution in [0.15, 0.2) is 12.1 Å². The van der Waals surface area contributed by atoms with Crippen molar-refractivity contribution < 1.29 is 4.74 Å². The molecule has 1 aliphatic heterocycles. The second-order valence-electron chi connectivity index (χ2n) is 6.57. The van der Waals surface area contributed by atoms with E-state index in [1.54, 1.807) is 0 Å². The summed E-state index contributed by atoms with van der Waals surface area (Å²) in [5.74, 6) is 1.11. The molecule has 0 fully saturated rings. The average molecular weight is 232 g/mol. The van der Waals surface area contributed by atoms with Crippen LogP contribution in [0.1, 0.15) is 57.7 Å². The van der Waals surface area contributed by atoms with Crippen LogP contribution in [0.3, 0.4) is 0 Å². The van der Waals surface area contributed by atoms with Crippen LogP contribution >= 0.6 is 0 Å². The highest BCUT2D eigenvalue weighted by Crippen LogP contribution is 2.46. The number of ether oxygens (including phenoxy) is 1. The standard InChI is InChI=1S/C16H24O/c1-7-12-8-11(2)14-13(9-12)15(3,4)10-16(5,6)17-14/h8-9H,7,10H2,1-6H3. The third-order valence-electron chi connectivity index (χ3n) is 3.72. The third kappa shape index (κ3) is 2.20. The Morgan fingerprint density at radius 1 is 1.18 bits per heavy atom. The summed E-state index contributed by atoms with van der Waals surface area (Å²) < 4.78 is 6.19. The first-order chi connectivity index (χ1) is 7.75. The second-order valence-corrected chi connectivity index (χ2v) is 6.57. The molecule has 0 saturated carbocycles. The van der Waals surface area contributed by atoms with Crippen molar-refractivity contribution >= 4 is 0 Å². The molecule has 1 aromatic carbocycles. The van der Waals surface area contributed by atoms with Gasteiger partial charge < -0.3 is 4.74 Å². The molecule has 0 N–H and O–H groups in total. The molecule has 1 aromatic rings. The Kier molecular flexibility index (Phi) is 2.76. The molecule has 0 aliphatic carbocycles. The van der Waals surface area contributed by atoms with Gasteiger partial charge >= 0.3 is 0 Å². The predicted molar refractivity (Wildman–Crippen MR) is 72.9 cm³/mol. The number of aryl methyl sites for hydroxylation is 2. The first-order valence-corrected chi connectivity index (χ1v) is 6.58. The minimum atomic E-state index is -0.0605. The largest absolute Gasteiger partial charge is 0.487 e. The van der Waals surface area contributed by atoms with Crippen LogP contribution in [0.4, 0.5) is 0 Å². The number of benzene rings is 1. The summed E-state index contributed by atoms with van der Waals surface area (Å²) in [5.41, 5.74) is 4.22. The van der Waals surface area contributed by atoms with Gasteiger partial charge in [0.2, 0.25) is 0 Å². The lowest BCUT2D eigenvalue weighted by Gasteiger charge is -2.43. The zero-order valence-corrected chi connectivity index (χ0v) is 12.0. The molecule has 17 heavy (non-hydrogen) atoms. The minimum absolute atomic E-state index is 0.0605. The Morgan fingerprint density at radius 3 is 2.41 bits per heavy atom. The maximum absolute atomic E-state index is 6.19. The van der Waals surface area contributed by atoms with Crippen LogP contribution in [-0.2, 0) is 11.8 Å². The summed E-state index contributed by atoms with van der Waals surface area (Å²) in [6.07, 6.45) is 2.16. The van der Waals surface area contributed by atoms with Gasteiger partial charge in [-0.05, 0) is 50.2 Å². The lowest BCUT2D eigenvalue weighted by Crippen LogP contribution is -2.41. The van der Waals surface area contributed by atoms with E-state index < -0.39 is 0 Å². The van der Waals surface area contributed by atoms with E-state index in [0.29, 0.717) is 0 Å². The molecule has 2 rings (SSSR count). The van der Waals surface area contributed by atoms with Gasteiger partial charge in [-0.15, -0.1) is 0 Å². The van der Waals surface area contributed by atoms with Crippen molar-refractivity contribution in [3.8, 4) is 5.75 Å². The first-order valence-electron chi connectivity index (χ1n) is 6.58. The van der Waals surface area contributed by atoms with Crippen LogP contribution in [0, 0.1) is 6.92 Å². The van der Waals surface area contributed by atoms with Crippen LogP contribution in [0.5, 0.6) is 5.75 Å². The van der Waals surface area contributed by atoms with Gasteiger partial charge in [-0.2, -0.15) is 0 Å². The molecular weight excluding hydrogens is 208 g/mol. The molecule has 1 nitrogen and oxygen atoms in total. The van der Waals surface area contributed by atoms with E-state index >= 15 is 0 Å². The summed E-state index contributed by atoms with van der Waals surface area (Å²) in [6.45, 7) is 13.4. The monoisotopic (exact) mass is 232 g/mol. The van der Waals surface area contributed by atoms with Gasteiger partial charge in [0.25, 0.3) is 0 Å². The first kappa shape index (κ1) is 12.5. The number of hydrogen-bond acceptors (Lipinski definition) is 1. The molecule has 0 saturated heterocycles. The molecule has 1 heterocycles. The van der Waals surface area contributed by atoms with Crippen molar-refractivity contribution in [2.45, 2.75) is 65.4 Å². The van der Waals surface area contributed by atoms with Gasteiger partial charge in [0.05, 0.1) is 0 Å². The smallest absolute Gasteiger partial charge is 0.126 e. The quantitative estimate of drug-likeness (QED) is 0.697. The highest BCUT2D eigenvalue weighted by Gasteiger charge is 2.39. The van der Waals surface area contributed by atoms with Crippen LogP contribution in [-0.4, -0.2) is 5.60 Å². The average Bonchev–Trinajstić information content (AvgIpc) is 2.17. The Bertz CT molecular complexity index is 441. The predicted octanol–water partition coefficient (Wildman–Crippen LogP) is 4.40. The summed E-state index contributed by atoms with van der Waals surface area (Å²) in [4.78, 5) is 0. The Labute approximate surface area is 105 Å². The van der Waals surface area contributed by atoms with Crippen LogP contribution in [0.2, 0.25) is 0 Å². The summed E-state index contributed by atoms with van der Waals surface area (Å²) in [7, 11) is 0. The van der Waals surface area contributed by atoms with Crippen molar-refractivity contribution in [1.29, 1.82) is 0 Å². The van der Waals surface area contributed by atoms with Crippen molar-refractivity contribution in [1.82, 2.24) is 0 Å². The van der Waals surface area contributed by atoms with E-state index in [1.807, 2.05) is 0 Å². The van der Waals surface area contributed by atoms with E-state index in [4.69, 9.17) is 4.74 Å². The summed E-state index contributed by atoms with van der Waals surface area (Å²) >= 11 is 0. The van der Waals surface area contributed by atoms with E-state index in [1.165, 1.54) is 16.7 Å². The van der Waals surface area contributed by atoms with Crippen molar-refractivity contribution in [2.24, 2.45) is 0 Å². The van der Waals surface area contributed by atoms with Crippen LogP contribution in [0.25, 0.3) is 0 Å². The molecule has 0 atom stereocenters. The zero-order chi connectivity index (χ0) is 12.8. The van der Waals surface area contributed by atoms with Gasteiger partial charge in [0, 0.05) is 5.56 Å². The SMILES string of the molecule is CCc1cc(C)c2c(c1)C(C)(C)CC(C)(C)O2. The fraction of sp³-hybridized carbons (Fsp3) is 0.625. The Balaban J connectivity index is 2.61. The van der Waals surface area contributed by atoms with Crippen molar-refractivity contribution in [2.75, 3.05) is 0 Å². The molecule has 0 unspecified atom stereocenters. The zero-order valence-electron chi connectivity index (χ0n) is 12.0. The molecule has 0 aromatic heterocycles. The lowest BCUT2D eigenvalue weighted by molar-refractivity contribution is 0.0524. The van der Waals surface area contributed by atoms with Gasteiger partial charge in [0.15, 0.2) is 0 Å². The third-order valence-corrected chi connectivity index (χ3v) is 3.72. The number of rotatable bonds is 1. The topological polar surface area (TPSA) is 9.23 Å². The number of fused-ring (bicyclic) bond motifs is 1. The van der Waals surface area contributed by atoms with E-state index in [0.717, 1.165) is 18.6 Å². The molecule has 94 valence electrons. The van der Waals surface area contributed by atoms with Gasteiger partial charge in [-0.3, -0.25) is 0 Å². The molecule has 0 amide bonds. The number of hydrogen-bond donors (Lipinski definition) is 0. The lowest BCUT2D eigenvalue weighted by atomic mass is 9.72. The Morgan fingerprint density at radius 2 is 1.82 bits per heavy atom. The molecule has 1 aliphatic rings. The molecule has 1 heteroatoms. The maximum atomic E-state index is 6.19. The molecule has 0 radical (unpaired) electrons. The Hall–Kier alpha value is -0.980. The normalized spacial score (nSPS) is 20.6. The van der Waals surface area contributed by atoms with E-state index in [2.05, 4.69) is 53.7 Å². The fourth-order valence-electron chi connectivity index (χ4n) is 3.16. The van der Waals surface area contributed by atoms with Crippen molar-refractivity contribution in [3.63, 3.8) is 0 Å². The molecule has 0 spiro atoms. The van der Waals surface area contributed by atoms with Gasteiger partial charge in [0.1, 0.15) is 11.4 Å². The fourth-order valence-corrected chi connectivity index (χ4v) is 3.16. The summed E-state index contributed by atoms with van der Waals surface area (Å²) in [6, 6.07) is 4.59. The van der Waals surface area contributed by atoms with Gasteiger partial charge in [-0.25, -0.2) is 0 Å². The van der Waals surface area contributed by atoms with Crippen LogP contribution < -0.4 is 4.74 Å². The van der Waals surface area contributed by atoms with Crippen molar-refractivity contribution in [3.05, 3.63) is 28.8 Å².